The van der Waals surface area contributed by atoms with E-state index in [1.54, 1.807) is 0 Å². The highest BCUT2D eigenvalue weighted by molar-refractivity contribution is 6.04. The highest BCUT2D eigenvalue weighted by Gasteiger charge is 2.42. The van der Waals surface area contributed by atoms with Crippen LogP contribution in [0.3, 0.4) is 0 Å². The fraction of sp³-hybridized carbons (Fsp3) is 0.500. The molecular weight excluding hydrogens is 142 g/mol. The molecule has 2 amide bonds. The highest BCUT2D eigenvalue weighted by Crippen LogP contribution is 2.30. The second-order valence-corrected chi connectivity index (χ2v) is 2.94. The lowest BCUT2D eigenvalue weighted by Gasteiger charge is -2.14. The predicted molar refractivity (Wildman–Crippen MR) is 37.5 cm³/mol. The van der Waals surface area contributed by atoms with Crippen molar-refractivity contribution in [3.05, 3.63) is 12.2 Å². The number of fused-ring (bicyclic) bond motifs is 1. The smallest absolute Gasteiger partial charge is 0.253 e. The first-order valence-corrected chi connectivity index (χ1v) is 3.73. The molecule has 1 heterocycles. The fourth-order valence-corrected chi connectivity index (χ4v) is 1.63. The van der Waals surface area contributed by atoms with E-state index in [1.807, 2.05) is 12.2 Å². The normalized spacial score (nSPS) is 35.3. The molecule has 1 fully saturated rings. The van der Waals surface area contributed by atoms with Crippen molar-refractivity contribution >= 4 is 11.8 Å². The Morgan fingerprint density at radius 2 is 1.55 bits per heavy atom. The molecule has 0 aromatic rings. The van der Waals surface area contributed by atoms with Gasteiger partial charge in [0.25, 0.3) is 11.8 Å². The second-order valence-electron chi connectivity index (χ2n) is 2.94. The zero-order valence-corrected chi connectivity index (χ0v) is 5.99. The van der Waals surface area contributed by atoms with E-state index in [0.717, 1.165) is 0 Å². The molecule has 1 aliphatic heterocycles. The molecule has 2 unspecified atom stereocenters. The number of allylic oxidation sites excluding steroid dienone is 2. The van der Waals surface area contributed by atoms with Gasteiger partial charge in [0.15, 0.2) is 0 Å². The quantitative estimate of drug-likeness (QED) is 0.367. The number of imide groups is 1. The summed E-state index contributed by atoms with van der Waals surface area (Å²) in [4.78, 5) is 22.0. The SMILES string of the molecule is O=C1[N]C(=O)C2CC=CCC12. The predicted octanol–water partition coefficient (Wildman–Crippen LogP) is 0.240. The molecule has 0 N–H and O–H groups in total. The molecule has 1 radical (unpaired) electrons. The van der Waals surface area contributed by atoms with Crippen LogP contribution in [-0.4, -0.2) is 11.8 Å². The number of carbonyl (C=O) groups is 2. The number of hydrogen-bond acceptors (Lipinski definition) is 2. The van der Waals surface area contributed by atoms with Gasteiger partial charge < -0.3 is 0 Å². The van der Waals surface area contributed by atoms with E-state index >= 15 is 0 Å². The van der Waals surface area contributed by atoms with E-state index in [9.17, 15) is 9.59 Å². The maximum absolute atomic E-state index is 11.0. The summed E-state index contributed by atoms with van der Waals surface area (Å²) >= 11 is 0. The second kappa shape index (κ2) is 2.19. The minimum Gasteiger partial charge on any atom is -0.272 e. The summed E-state index contributed by atoms with van der Waals surface area (Å²) in [7, 11) is 0. The maximum Gasteiger partial charge on any atom is 0.253 e. The average molecular weight is 150 g/mol. The van der Waals surface area contributed by atoms with Crippen LogP contribution >= 0.6 is 0 Å². The van der Waals surface area contributed by atoms with Crippen molar-refractivity contribution in [2.24, 2.45) is 11.8 Å². The fourth-order valence-electron chi connectivity index (χ4n) is 1.63. The van der Waals surface area contributed by atoms with Crippen LogP contribution in [0.15, 0.2) is 12.2 Å². The largest absolute Gasteiger partial charge is 0.272 e. The van der Waals surface area contributed by atoms with Crippen molar-refractivity contribution in [3.63, 3.8) is 0 Å². The summed E-state index contributed by atoms with van der Waals surface area (Å²) in [6.07, 6.45) is 5.29. The van der Waals surface area contributed by atoms with Gasteiger partial charge in [0.1, 0.15) is 0 Å². The first kappa shape index (κ1) is 6.58. The van der Waals surface area contributed by atoms with Gasteiger partial charge in [0, 0.05) is 0 Å². The van der Waals surface area contributed by atoms with Crippen LogP contribution in [0.1, 0.15) is 12.8 Å². The Kier molecular flexibility index (Phi) is 1.31. The summed E-state index contributed by atoms with van der Waals surface area (Å²) in [5.41, 5.74) is 0. The lowest BCUT2D eigenvalue weighted by atomic mass is 9.85. The molecule has 57 valence electrons. The van der Waals surface area contributed by atoms with Crippen molar-refractivity contribution in [2.75, 3.05) is 0 Å². The third-order valence-electron chi connectivity index (χ3n) is 2.29. The lowest BCUT2D eigenvalue weighted by Crippen LogP contribution is -2.18. The van der Waals surface area contributed by atoms with Crippen molar-refractivity contribution in [3.8, 4) is 0 Å². The minimum atomic E-state index is -0.218. The molecule has 2 rings (SSSR count). The number of nitrogens with zero attached hydrogens (tertiary/aromatic N) is 1. The Balaban J connectivity index is 2.28. The van der Waals surface area contributed by atoms with Gasteiger partial charge in [-0.05, 0) is 12.8 Å². The van der Waals surface area contributed by atoms with E-state index in [1.165, 1.54) is 0 Å². The number of amides is 2. The highest BCUT2D eigenvalue weighted by atomic mass is 16.2. The molecule has 0 aromatic carbocycles. The van der Waals surface area contributed by atoms with E-state index in [4.69, 9.17) is 0 Å². The van der Waals surface area contributed by atoms with Gasteiger partial charge >= 0.3 is 0 Å². The summed E-state index contributed by atoms with van der Waals surface area (Å²) in [6, 6.07) is 0. The molecule has 0 bridgehead atoms. The Labute approximate surface area is 64.5 Å². The van der Waals surface area contributed by atoms with Crippen molar-refractivity contribution in [1.29, 1.82) is 0 Å². The molecule has 0 aromatic heterocycles. The van der Waals surface area contributed by atoms with Gasteiger partial charge in [0.05, 0.1) is 11.8 Å². The average Bonchev–Trinajstić information content (AvgIpc) is 2.30. The van der Waals surface area contributed by atoms with Crippen LogP contribution in [0, 0.1) is 11.8 Å². The summed E-state index contributed by atoms with van der Waals surface area (Å²) in [6.45, 7) is 0. The molecule has 3 nitrogen and oxygen atoms in total. The first-order valence-electron chi connectivity index (χ1n) is 3.73. The standard InChI is InChI=1S/C8H8NO2/c10-7-5-3-1-2-4-6(5)8(11)9-7/h1-2,5-6H,3-4H2. The Morgan fingerprint density at radius 1 is 1.09 bits per heavy atom. The molecule has 11 heavy (non-hydrogen) atoms. The van der Waals surface area contributed by atoms with Gasteiger partial charge in [-0.15, -0.1) is 0 Å². The topological polar surface area (TPSA) is 48.2 Å². The van der Waals surface area contributed by atoms with Crippen LogP contribution in [-0.2, 0) is 9.59 Å². The van der Waals surface area contributed by atoms with Gasteiger partial charge in [-0.2, -0.15) is 5.32 Å². The maximum atomic E-state index is 11.0. The summed E-state index contributed by atoms with van der Waals surface area (Å²) < 4.78 is 0. The van der Waals surface area contributed by atoms with Crippen molar-refractivity contribution in [1.82, 2.24) is 5.32 Å². The Bertz CT molecular complexity index is 220. The molecule has 3 heteroatoms. The van der Waals surface area contributed by atoms with Crippen LogP contribution in [0.2, 0.25) is 0 Å². The number of rotatable bonds is 0. The zero-order valence-electron chi connectivity index (χ0n) is 5.99. The molecule has 1 aliphatic carbocycles. The third kappa shape index (κ3) is 0.878. The van der Waals surface area contributed by atoms with Crippen LogP contribution in [0.5, 0.6) is 0 Å². The Hall–Kier alpha value is -1.12. The molecule has 0 saturated carbocycles. The molecular formula is C8H8NO2. The lowest BCUT2D eigenvalue weighted by molar-refractivity contribution is -0.126. The monoisotopic (exact) mass is 150 g/mol. The third-order valence-corrected chi connectivity index (χ3v) is 2.29. The van der Waals surface area contributed by atoms with Crippen LogP contribution in [0.25, 0.3) is 0 Å². The first-order chi connectivity index (χ1) is 5.29. The Morgan fingerprint density at radius 3 is 2.00 bits per heavy atom. The van der Waals surface area contributed by atoms with Crippen LogP contribution < -0.4 is 5.32 Å². The summed E-state index contributed by atoms with van der Waals surface area (Å²) in [5, 5.41) is 3.42. The summed E-state index contributed by atoms with van der Waals surface area (Å²) in [5.74, 6) is -0.700. The van der Waals surface area contributed by atoms with E-state index in [-0.39, 0.29) is 23.7 Å². The van der Waals surface area contributed by atoms with E-state index < -0.39 is 0 Å². The van der Waals surface area contributed by atoms with E-state index in [0.29, 0.717) is 12.8 Å². The molecule has 2 aliphatic rings. The molecule has 1 saturated heterocycles. The minimum absolute atomic E-state index is 0.132. The van der Waals surface area contributed by atoms with Gasteiger partial charge in [0.2, 0.25) is 0 Å². The molecule has 2 atom stereocenters. The zero-order chi connectivity index (χ0) is 7.84. The van der Waals surface area contributed by atoms with E-state index in [2.05, 4.69) is 5.32 Å². The number of carbonyl (C=O) groups excluding carboxylic acids is 2. The van der Waals surface area contributed by atoms with Gasteiger partial charge in [-0.3, -0.25) is 9.59 Å². The van der Waals surface area contributed by atoms with Crippen molar-refractivity contribution < 1.29 is 9.59 Å². The molecule has 0 spiro atoms. The van der Waals surface area contributed by atoms with Crippen molar-refractivity contribution in [2.45, 2.75) is 12.8 Å². The van der Waals surface area contributed by atoms with Gasteiger partial charge in [-0.1, -0.05) is 12.2 Å². The van der Waals surface area contributed by atoms with Gasteiger partial charge in [-0.25, -0.2) is 0 Å². The number of hydrogen-bond donors (Lipinski definition) is 0. The van der Waals surface area contributed by atoms with Crippen LogP contribution in [0.4, 0.5) is 0 Å².